The van der Waals surface area contributed by atoms with Gasteiger partial charge in [0.15, 0.2) is 11.5 Å². The quantitative estimate of drug-likeness (QED) is 0.517. The molecule has 142 valence electrons. The third-order valence-corrected chi connectivity index (χ3v) is 5.20. The number of anilines is 1. The Morgan fingerprint density at radius 1 is 0.929 bits per heavy atom. The Labute approximate surface area is 162 Å². The molecule has 0 saturated heterocycles. The van der Waals surface area contributed by atoms with Gasteiger partial charge in [0.25, 0.3) is 0 Å². The van der Waals surface area contributed by atoms with Gasteiger partial charge >= 0.3 is 0 Å². The van der Waals surface area contributed by atoms with Crippen LogP contribution in [-0.2, 0) is 16.4 Å². The van der Waals surface area contributed by atoms with Crippen LogP contribution >= 0.6 is 0 Å². The number of primary sulfonamides is 1. The summed E-state index contributed by atoms with van der Waals surface area (Å²) in [5, 5.41) is 21.3. The van der Waals surface area contributed by atoms with Crippen LogP contribution in [0, 0.1) is 0 Å². The lowest BCUT2D eigenvalue weighted by Crippen LogP contribution is -2.12. The van der Waals surface area contributed by atoms with E-state index in [9.17, 15) is 8.42 Å². The Morgan fingerprint density at radius 2 is 1.68 bits per heavy atom. The highest BCUT2D eigenvalue weighted by molar-refractivity contribution is 7.89. The zero-order valence-corrected chi connectivity index (χ0v) is 15.7. The molecular formula is C19H18N6O2S. The highest BCUT2D eigenvalue weighted by Crippen LogP contribution is 2.18. The molecule has 4 aromatic rings. The van der Waals surface area contributed by atoms with E-state index in [4.69, 9.17) is 5.14 Å². The number of aromatic nitrogens is 4. The van der Waals surface area contributed by atoms with E-state index in [1.165, 1.54) is 12.1 Å². The third-order valence-electron chi connectivity index (χ3n) is 4.27. The van der Waals surface area contributed by atoms with Crippen LogP contribution in [0.15, 0.2) is 71.6 Å². The fraction of sp³-hybridized carbons (Fsp3) is 0.105. The van der Waals surface area contributed by atoms with Crippen molar-refractivity contribution < 1.29 is 8.42 Å². The van der Waals surface area contributed by atoms with Gasteiger partial charge in [0.1, 0.15) is 5.82 Å². The fourth-order valence-electron chi connectivity index (χ4n) is 2.83. The topological polar surface area (TPSA) is 115 Å². The van der Waals surface area contributed by atoms with Crippen LogP contribution in [0.4, 0.5) is 5.82 Å². The van der Waals surface area contributed by atoms with Crippen LogP contribution in [0.1, 0.15) is 5.56 Å². The third kappa shape index (κ3) is 3.85. The smallest absolute Gasteiger partial charge is 0.238 e. The molecule has 3 N–H and O–H groups in total. The molecule has 0 aliphatic rings. The molecule has 2 aromatic carbocycles. The van der Waals surface area contributed by atoms with Crippen LogP contribution in [0.25, 0.3) is 17.0 Å². The number of nitrogens with zero attached hydrogens (tertiary/aromatic N) is 4. The molecule has 0 aliphatic heterocycles. The number of hydrogen-bond donors (Lipinski definition) is 2. The standard InChI is InChI=1S/C19H18N6O2S/c20-28(26,27)16-8-6-14(7-9-16)12-13-21-17-10-11-18-22-23-19(25(18)24-17)15-4-2-1-3-5-15/h1-11H,12-13H2,(H,21,24)(H2,20,26,27). The number of fused-ring (bicyclic) bond motifs is 1. The lowest BCUT2D eigenvalue weighted by Gasteiger charge is -2.07. The summed E-state index contributed by atoms with van der Waals surface area (Å²) in [5.74, 6) is 1.38. The van der Waals surface area contributed by atoms with Crippen LogP contribution < -0.4 is 10.5 Å². The van der Waals surface area contributed by atoms with Crippen LogP contribution in [0.2, 0.25) is 0 Å². The van der Waals surface area contributed by atoms with Gasteiger partial charge in [-0.3, -0.25) is 0 Å². The summed E-state index contributed by atoms with van der Waals surface area (Å²) >= 11 is 0. The summed E-state index contributed by atoms with van der Waals surface area (Å²) in [6, 6.07) is 20.0. The predicted octanol–water partition coefficient (Wildman–Crippen LogP) is 2.09. The Balaban J connectivity index is 1.47. The molecule has 2 heterocycles. The van der Waals surface area contributed by atoms with E-state index in [0.29, 0.717) is 30.3 Å². The second-order valence-corrected chi connectivity index (χ2v) is 7.81. The minimum absolute atomic E-state index is 0.109. The molecule has 9 heteroatoms. The van der Waals surface area contributed by atoms with Crippen molar-refractivity contribution in [2.45, 2.75) is 11.3 Å². The van der Waals surface area contributed by atoms with Crippen molar-refractivity contribution in [3.05, 3.63) is 72.3 Å². The maximum Gasteiger partial charge on any atom is 0.238 e. The van der Waals surface area contributed by atoms with Crippen molar-refractivity contribution >= 4 is 21.5 Å². The molecular weight excluding hydrogens is 376 g/mol. The zero-order chi connectivity index (χ0) is 19.6. The molecule has 0 atom stereocenters. The summed E-state index contributed by atoms with van der Waals surface area (Å²) in [6.07, 6.45) is 0.707. The highest BCUT2D eigenvalue weighted by Gasteiger charge is 2.10. The molecule has 0 fully saturated rings. The lowest BCUT2D eigenvalue weighted by molar-refractivity contribution is 0.598. The van der Waals surface area contributed by atoms with Gasteiger partial charge in [0, 0.05) is 12.1 Å². The Morgan fingerprint density at radius 3 is 2.39 bits per heavy atom. The second-order valence-electron chi connectivity index (χ2n) is 6.24. The Hall–Kier alpha value is -3.30. The van der Waals surface area contributed by atoms with Gasteiger partial charge in [-0.05, 0) is 36.2 Å². The van der Waals surface area contributed by atoms with Crippen LogP contribution in [-0.4, -0.2) is 34.8 Å². The largest absolute Gasteiger partial charge is 0.368 e. The van der Waals surface area contributed by atoms with Crippen molar-refractivity contribution in [3.8, 4) is 11.4 Å². The first-order valence-electron chi connectivity index (χ1n) is 8.64. The first-order chi connectivity index (χ1) is 13.5. The molecule has 0 saturated carbocycles. The van der Waals surface area contributed by atoms with E-state index >= 15 is 0 Å². The number of nitrogens with two attached hydrogens (primary N) is 1. The summed E-state index contributed by atoms with van der Waals surface area (Å²) < 4.78 is 24.3. The van der Waals surface area contributed by atoms with Crippen molar-refractivity contribution in [2.75, 3.05) is 11.9 Å². The molecule has 0 radical (unpaired) electrons. The monoisotopic (exact) mass is 394 g/mol. The van der Waals surface area contributed by atoms with Crippen LogP contribution in [0.3, 0.4) is 0 Å². The first-order valence-corrected chi connectivity index (χ1v) is 10.2. The van der Waals surface area contributed by atoms with Gasteiger partial charge in [-0.25, -0.2) is 13.6 Å². The van der Waals surface area contributed by atoms with Crippen LogP contribution in [0.5, 0.6) is 0 Å². The first kappa shape index (κ1) is 18.1. The van der Waals surface area contributed by atoms with E-state index < -0.39 is 10.0 Å². The van der Waals surface area contributed by atoms with E-state index in [0.717, 1.165) is 11.1 Å². The highest BCUT2D eigenvalue weighted by atomic mass is 32.2. The van der Waals surface area contributed by atoms with E-state index in [-0.39, 0.29) is 4.90 Å². The average molecular weight is 394 g/mol. The van der Waals surface area contributed by atoms with Gasteiger partial charge in [-0.15, -0.1) is 15.3 Å². The molecule has 28 heavy (non-hydrogen) atoms. The zero-order valence-electron chi connectivity index (χ0n) is 14.9. The van der Waals surface area contributed by atoms with Gasteiger partial charge in [0.2, 0.25) is 10.0 Å². The molecule has 8 nitrogen and oxygen atoms in total. The summed E-state index contributed by atoms with van der Waals surface area (Å²) in [5.41, 5.74) is 2.60. The van der Waals surface area contributed by atoms with Crippen molar-refractivity contribution in [2.24, 2.45) is 5.14 Å². The maximum atomic E-state index is 11.3. The van der Waals surface area contributed by atoms with E-state index in [2.05, 4.69) is 20.6 Å². The Kier molecular flexibility index (Phi) is 4.76. The van der Waals surface area contributed by atoms with Crippen molar-refractivity contribution in [1.29, 1.82) is 0 Å². The number of benzene rings is 2. The normalized spacial score (nSPS) is 11.6. The van der Waals surface area contributed by atoms with E-state index in [1.807, 2.05) is 42.5 Å². The molecule has 0 unspecified atom stereocenters. The average Bonchev–Trinajstić information content (AvgIpc) is 3.12. The summed E-state index contributed by atoms with van der Waals surface area (Å²) in [4.78, 5) is 0.109. The number of hydrogen-bond acceptors (Lipinski definition) is 6. The van der Waals surface area contributed by atoms with Crippen molar-refractivity contribution in [3.63, 3.8) is 0 Å². The maximum absolute atomic E-state index is 11.3. The molecule has 0 spiro atoms. The van der Waals surface area contributed by atoms with E-state index in [1.54, 1.807) is 16.6 Å². The summed E-state index contributed by atoms with van der Waals surface area (Å²) in [7, 11) is -3.67. The Bertz CT molecular complexity index is 1200. The molecule has 2 aromatic heterocycles. The fourth-order valence-corrected chi connectivity index (χ4v) is 3.35. The van der Waals surface area contributed by atoms with Gasteiger partial charge in [0.05, 0.1) is 4.90 Å². The second kappa shape index (κ2) is 7.37. The van der Waals surface area contributed by atoms with Crippen molar-refractivity contribution in [1.82, 2.24) is 19.8 Å². The number of nitrogens with one attached hydrogen (secondary N) is 1. The molecule has 0 aliphatic carbocycles. The SMILES string of the molecule is NS(=O)(=O)c1ccc(CCNc2ccc3nnc(-c4ccccc4)n3n2)cc1. The predicted molar refractivity (Wildman–Crippen MR) is 106 cm³/mol. The van der Waals surface area contributed by atoms with Gasteiger partial charge < -0.3 is 5.32 Å². The summed E-state index contributed by atoms with van der Waals surface area (Å²) in [6.45, 7) is 0.635. The molecule has 0 bridgehead atoms. The molecule has 4 rings (SSSR count). The minimum Gasteiger partial charge on any atom is -0.368 e. The molecule has 0 amide bonds. The van der Waals surface area contributed by atoms with Gasteiger partial charge in [-0.1, -0.05) is 42.5 Å². The number of sulfonamides is 1. The number of rotatable bonds is 6. The minimum atomic E-state index is -3.67. The lowest BCUT2D eigenvalue weighted by atomic mass is 10.1. The van der Waals surface area contributed by atoms with Gasteiger partial charge in [-0.2, -0.15) is 4.52 Å².